The predicted molar refractivity (Wildman–Crippen MR) is 57.9 cm³/mol. The first kappa shape index (κ1) is 8.72. The molecule has 1 nitrogen and oxygen atoms in total. The third-order valence-corrected chi connectivity index (χ3v) is 3.82. The van der Waals surface area contributed by atoms with Gasteiger partial charge in [0.2, 0.25) is 0 Å². The van der Waals surface area contributed by atoms with Gasteiger partial charge in [-0.05, 0) is 61.6 Å². The van der Waals surface area contributed by atoms with Crippen LogP contribution in [0.2, 0.25) is 5.15 Å². The number of hydrogen-bond acceptors (Lipinski definition) is 1. The van der Waals surface area contributed by atoms with Crippen LogP contribution in [0.3, 0.4) is 0 Å². The van der Waals surface area contributed by atoms with Gasteiger partial charge in [-0.15, -0.1) is 0 Å². The second-order valence-corrected chi connectivity index (χ2v) is 4.70. The molecule has 0 aromatic carbocycles. The molecule has 74 valence electrons. The SMILES string of the molecule is Clc1nc2c(c3c1CCC3)CCCC2. The number of aromatic nitrogens is 1. The fourth-order valence-corrected chi connectivity index (χ4v) is 3.14. The highest BCUT2D eigenvalue weighted by atomic mass is 35.5. The van der Waals surface area contributed by atoms with Crippen molar-refractivity contribution in [3.63, 3.8) is 0 Å². The molecule has 0 fully saturated rings. The Morgan fingerprint density at radius 1 is 0.786 bits per heavy atom. The van der Waals surface area contributed by atoms with Crippen molar-refractivity contribution in [2.45, 2.75) is 44.9 Å². The lowest BCUT2D eigenvalue weighted by Gasteiger charge is -2.19. The summed E-state index contributed by atoms with van der Waals surface area (Å²) < 4.78 is 0. The number of aryl methyl sites for hydroxylation is 1. The van der Waals surface area contributed by atoms with Gasteiger partial charge in [0, 0.05) is 5.69 Å². The average molecular weight is 208 g/mol. The average Bonchev–Trinajstić information content (AvgIpc) is 2.67. The molecule has 0 radical (unpaired) electrons. The molecule has 0 bridgehead atoms. The molecule has 0 N–H and O–H groups in total. The zero-order chi connectivity index (χ0) is 9.54. The van der Waals surface area contributed by atoms with Crippen molar-refractivity contribution >= 4 is 11.6 Å². The molecule has 1 aromatic rings. The number of hydrogen-bond donors (Lipinski definition) is 0. The lowest BCUT2D eigenvalue weighted by Crippen LogP contribution is -2.09. The van der Waals surface area contributed by atoms with E-state index in [1.54, 1.807) is 11.1 Å². The van der Waals surface area contributed by atoms with Crippen LogP contribution in [0.1, 0.15) is 41.6 Å². The van der Waals surface area contributed by atoms with Gasteiger partial charge in [-0.3, -0.25) is 0 Å². The highest BCUT2D eigenvalue weighted by molar-refractivity contribution is 6.30. The van der Waals surface area contributed by atoms with Crippen LogP contribution in [0, 0.1) is 0 Å². The minimum absolute atomic E-state index is 0.790. The Hall–Kier alpha value is -0.560. The maximum Gasteiger partial charge on any atom is 0.132 e. The van der Waals surface area contributed by atoms with Crippen molar-refractivity contribution in [3.05, 3.63) is 27.5 Å². The highest BCUT2D eigenvalue weighted by Crippen LogP contribution is 2.34. The quantitative estimate of drug-likeness (QED) is 0.596. The summed E-state index contributed by atoms with van der Waals surface area (Å²) in [6, 6.07) is 0. The van der Waals surface area contributed by atoms with Crippen LogP contribution in [0.5, 0.6) is 0 Å². The molecule has 3 rings (SSSR count). The van der Waals surface area contributed by atoms with E-state index in [9.17, 15) is 0 Å². The second kappa shape index (κ2) is 3.23. The van der Waals surface area contributed by atoms with E-state index in [2.05, 4.69) is 4.98 Å². The first-order valence-electron chi connectivity index (χ1n) is 5.55. The zero-order valence-corrected chi connectivity index (χ0v) is 9.03. The summed E-state index contributed by atoms with van der Waals surface area (Å²) in [7, 11) is 0. The van der Waals surface area contributed by atoms with Gasteiger partial charge in [0.25, 0.3) is 0 Å². The van der Waals surface area contributed by atoms with Crippen LogP contribution in [-0.2, 0) is 25.7 Å². The fraction of sp³-hybridized carbons (Fsp3) is 0.583. The smallest absolute Gasteiger partial charge is 0.132 e. The summed E-state index contributed by atoms with van der Waals surface area (Å²) in [5.74, 6) is 0. The summed E-state index contributed by atoms with van der Waals surface area (Å²) in [4.78, 5) is 4.55. The van der Waals surface area contributed by atoms with E-state index < -0.39 is 0 Å². The molecule has 1 heterocycles. The van der Waals surface area contributed by atoms with E-state index in [1.165, 1.54) is 43.4 Å². The van der Waals surface area contributed by atoms with Crippen molar-refractivity contribution in [2.75, 3.05) is 0 Å². The molecule has 14 heavy (non-hydrogen) atoms. The highest BCUT2D eigenvalue weighted by Gasteiger charge is 2.23. The van der Waals surface area contributed by atoms with Crippen molar-refractivity contribution < 1.29 is 0 Å². The molecule has 0 amide bonds. The van der Waals surface area contributed by atoms with Gasteiger partial charge in [-0.25, -0.2) is 4.98 Å². The molecular weight excluding hydrogens is 194 g/mol. The zero-order valence-electron chi connectivity index (χ0n) is 8.27. The van der Waals surface area contributed by atoms with Crippen molar-refractivity contribution in [1.29, 1.82) is 0 Å². The summed E-state index contributed by atoms with van der Waals surface area (Å²) in [5, 5.41) is 0.790. The van der Waals surface area contributed by atoms with E-state index in [1.807, 2.05) is 0 Å². The largest absolute Gasteiger partial charge is 0.241 e. The van der Waals surface area contributed by atoms with Gasteiger partial charge in [0.15, 0.2) is 0 Å². The maximum atomic E-state index is 6.20. The Kier molecular flexibility index (Phi) is 2.01. The van der Waals surface area contributed by atoms with Gasteiger partial charge in [0.1, 0.15) is 5.15 Å². The van der Waals surface area contributed by atoms with Crippen molar-refractivity contribution in [3.8, 4) is 0 Å². The Morgan fingerprint density at radius 2 is 1.50 bits per heavy atom. The summed E-state index contributed by atoms with van der Waals surface area (Å²) in [6.07, 6.45) is 8.66. The Labute approximate surface area is 89.5 Å². The molecule has 0 saturated heterocycles. The van der Waals surface area contributed by atoms with Crippen LogP contribution < -0.4 is 0 Å². The molecule has 0 aliphatic heterocycles. The van der Waals surface area contributed by atoms with E-state index in [4.69, 9.17) is 11.6 Å². The molecule has 0 saturated carbocycles. The molecule has 0 spiro atoms. The number of nitrogens with zero attached hydrogens (tertiary/aromatic N) is 1. The standard InChI is InChI=1S/C12H14ClN/c13-12-10-6-3-5-8(10)9-4-1-2-7-11(9)14-12/h1-7H2. The first-order valence-corrected chi connectivity index (χ1v) is 5.93. The lowest BCUT2D eigenvalue weighted by atomic mass is 9.91. The van der Waals surface area contributed by atoms with Crippen LogP contribution in [-0.4, -0.2) is 4.98 Å². The number of pyridine rings is 1. The first-order chi connectivity index (χ1) is 6.86. The Bertz CT molecular complexity index is 384. The molecule has 2 aliphatic carbocycles. The maximum absolute atomic E-state index is 6.20. The topological polar surface area (TPSA) is 12.9 Å². The molecular formula is C12H14ClN. The van der Waals surface area contributed by atoms with Crippen LogP contribution in [0.15, 0.2) is 0 Å². The Balaban J connectivity index is 2.22. The number of halogens is 1. The summed E-state index contributed by atoms with van der Waals surface area (Å²) >= 11 is 6.20. The van der Waals surface area contributed by atoms with Crippen LogP contribution in [0.25, 0.3) is 0 Å². The summed E-state index contributed by atoms with van der Waals surface area (Å²) in [5.41, 5.74) is 5.75. The van der Waals surface area contributed by atoms with Crippen molar-refractivity contribution in [1.82, 2.24) is 4.98 Å². The van der Waals surface area contributed by atoms with Gasteiger partial charge in [-0.1, -0.05) is 11.6 Å². The van der Waals surface area contributed by atoms with Gasteiger partial charge < -0.3 is 0 Å². The molecule has 1 aromatic heterocycles. The Morgan fingerprint density at radius 3 is 2.43 bits per heavy atom. The van der Waals surface area contributed by atoms with Crippen LogP contribution in [0.4, 0.5) is 0 Å². The molecule has 0 atom stereocenters. The van der Waals surface area contributed by atoms with Gasteiger partial charge in [0.05, 0.1) is 0 Å². The number of rotatable bonds is 0. The van der Waals surface area contributed by atoms with Crippen LogP contribution >= 0.6 is 11.6 Å². The minimum Gasteiger partial charge on any atom is -0.241 e. The lowest BCUT2D eigenvalue weighted by molar-refractivity contribution is 0.661. The third kappa shape index (κ3) is 1.18. The summed E-state index contributed by atoms with van der Waals surface area (Å²) in [6.45, 7) is 0. The number of fused-ring (bicyclic) bond motifs is 3. The molecule has 2 heteroatoms. The molecule has 0 unspecified atom stereocenters. The van der Waals surface area contributed by atoms with E-state index in [-0.39, 0.29) is 0 Å². The minimum atomic E-state index is 0.790. The van der Waals surface area contributed by atoms with Crippen molar-refractivity contribution in [2.24, 2.45) is 0 Å². The third-order valence-electron chi connectivity index (χ3n) is 3.50. The van der Waals surface area contributed by atoms with Gasteiger partial charge in [-0.2, -0.15) is 0 Å². The fourth-order valence-electron chi connectivity index (χ4n) is 2.83. The van der Waals surface area contributed by atoms with E-state index >= 15 is 0 Å². The van der Waals surface area contributed by atoms with E-state index in [0.717, 1.165) is 18.0 Å². The monoisotopic (exact) mass is 207 g/mol. The second-order valence-electron chi connectivity index (χ2n) is 4.35. The van der Waals surface area contributed by atoms with E-state index in [0.29, 0.717) is 0 Å². The molecule has 2 aliphatic rings. The predicted octanol–water partition coefficient (Wildman–Crippen LogP) is 3.10. The normalized spacial score (nSPS) is 19.2. The van der Waals surface area contributed by atoms with Gasteiger partial charge >= 0.3 is 0 Å².